The zero-order chi connectivity index (χ0) is 15.8. The van der Waals surface area contributed by atoms with Gasteiger partial charge in [0, 0.05) is 20.0 Å². The van der Waals surface area contributed by atoms with Crippen LogP contribution in [0.25, 0.3) is 11.3 Å². The Bertz CT molecular complexity index is 640. The third-order valence-corrected chi connectivity index (χ3v) is 2.24. The van der Waals surface area contributed by atoms with E-state index in [1.165, 1.54) is 6.20 Å². The average Bonchev–Trinajstić information content (AvgIpc) is 2.36. The highest BCUT2D eigenvalue weighted by molar-refractivity contribution is 5.63. The highest BCUT2D eigenvalue weighted by Crippen LogP contribution is 2.21. The molecule has 1 aromatic carbocycles. The molecular formula is C14H15N. The van der Waals surface area contributed by atoms with Crippen molar-refractivity contribution in [2.45, 2.75) is 20.6 Å². The minimum absolute atomic E-state index is 0.197. The maximum Gasteiger partial charge on any atom is 0.0731 e. The molecule has 0 radical (unpaired) electrons. The highest BCUT2D eigenvalue weighted by atomic mass is 14.7. The number of nitrogens with zero attached hydrogens (tertiary/aromatic N) is 1. The first kappa shape index (κ1) is 4.93. The summed E-state index contributed by atoms with van der Waals surface area (Å²) in [5.41, 5.74) is 2.62. The summed E-state index contributed by atoms with van der Waals surface area (Å²) in [4.78, 5) is 4.21. The van der Waals surface area contributed by atoms with Gasteiger partial charge in [-0.15, -0.1) is 0 Å². The van der Waals surface area contributed by atoms with Crippen LogP contribution in [0, 0.1) is 20.6 Å². The molecule has 0 aliphatic carbocycles. The minimum Gasteiger partial charge on any atom is -0.256 e. The van der Waals surface area contributed by atoms with E-state index in [-0.39, 0.29) is 11.1 Å². The van der Waals surface area contributed by atoms with Gasteiger partial charge in [0.2, 0.25) is 0 Å². The van der Waals surface area contributed by atoms with Gasteiger partial charge in [-0.3, -0.25) is 4.98 Å². The average molecular weight is 203 g/mol. The normalized spacial score (nSPS) is 17.9. The maximum atomic E-state index is 7.37. The fraction of sp³-hybridized carbons (Fsp3) is 0.214. The number of hydrogen-bond donors (Lipinski definition) is 0. The Morgan fingerprint density at radius 1 is 1.07 bits per heavy atom. The maximum absolute atomic E-state index is 7.37. The van der Waals surface area contributed by atoms with Gasteiger partial charge in [0.25, 0.3) is 0 Å². The first-order chi connectivity index (χ1) is 9.59. The van der Waals surface area contributed by atoms with Crippen LogP contribution in [0.2, 0.25) is 0 Å². The van der Waals surface area contributed by atoms with Crippen molar-refractivity contribution in [3.05, 3.63) is 53.2 Å². The van der Waals surface area contributed by atoms with Crippen molar-refractivity contribution in [2.75, 3.05) is 0 Å². The Labute approximate surface area is 99.2 Å². The molecular weight excluding hydrogens is 182 g/mol. The Kier molecular flexibility index (Phi) is 1.27. The van der Waals surface area contributed by atoms with Gasteiger partial charge < -0.3 is 0 Å². The second kappa shape index (κ2) is 3.85. The van der Waals surface area contributed by atoms with E-state index in [1.807, 2.05) is 0 Å². The van der Waals surface area contributed by atoms with Crippen molar-refractivity contribution < 1.29 is 8.22 Å². The van der Waals surface area contributed by atoms with E-state index in [9.17, 15) is 0 Å². The summed E-state index contributed by atoms with van der Waals surface area (Å²) in [7, 11) is 0. The van der Waals surface area contributed by atoms with Crippen molar-refractivity contribution >= 4 is 0 Å². The summed E-state index contributed by atoms with van der Waals surface area (Å²) in [6.07, 6.45) is 1.34. The highest BCUT2D eigenvalue weighted by Gasteiger charge is 2.02. The lowest BCUT2D eigenvalue weighted by molar-refractivity contribution is 1.22. The third kappa shape index (κ3) is 2.07. The quantitative estimate of drug-likeness (QED) is 0.689. The summed E-state index contributed by atoms with van der Waals surface area (Å²) in [5.74, 6) is 0. The van der Waals surface area contributed by atoms with E-state index < -0.39 is 13.7 Å². The molecule has 0 saturated heterocycles. The van der Waals surface area contributed by atoms with E-state index in [1.54, 1.807) is 37.3 Å². The number of benzene rings is 1. The second-order valence-corrected chi connectivity index (χ2v) is 3.47. The summed E-state index contributed by atoms with van der Waals surface area (Å²) >= 11 is 0. The molecule has 15 heavy (non-hydrogen) atoms. The Balaban J connectivity index is 2.39. The lowest BCUT2D eigenvalue weighted by Crippen LogP contribution is -1.89. The van der Waals surface area contributed by atoms with Gasteiger partial charge in [0.1, 0.15) is 0 Å². The van der Waals surface area contributed by atoms with Crippen LogP contribution < -0.4 is 0 Å². The van der Waals surface area contributed by atoms with Gasteiger partial charge in [0.15, 0.2) is 0 Å². The fourth-order valence-corrected chi connectivity index (χ4v) is 1.51. The van der Waals surface area contributed by atoms with Gasteiger partial charge in [-0.25, -0.2) is 0 Å². The van der Waals surface area contributed by atoms with Crippen LogP contribution in [0.5, 0.6) is 0 Å². The Morgan fingerprint density at radius 2 is 1.80 bits per heavy atom. The number of aromatic nitrogens is 1. The van der Waals surface area contributed by atoms with Crippen LogP contribution in [0.1, 0.15) is 24.9 Å². The summed E-state index contributed by atoms with van der Waals surface area (Å²) in [6.45, 7) is -2.53. The van der Waals surface area contributed by atoms with Gasteiger partial charge in [-0.05, 0) is 31.8 Å². The van der Waals surface area contributed by atoms with Crippen molar-refractivity contribution in [3.8, 4) is 11.3 Å². The molecule has 2 rings (SSSR count). The summed E-state index contributed by atoms with van der Waals surface area (Å²) < 4.78 is 44.1. The van der Waals surface area contributed by atoms with E-state index >= 15 is 0 Å². The zero-order valence-corrected chi connectivity index (χ0v) is 8.41. The molecule has 0 aliphatic rings. The molecule has 1 nitrogen and oxygen atoms in total. The number of pyridine rings is 1. The molecule has 0 N–H and O–H groups in total. The third-order valence-electron chi connectivity index (χ3n) is 2.24. The van der Waals surface area contributed by atoms with E-state index in [2.05, 4.69) is 4.98 Å². The Hall–Kier alpha value is -1.63. The number of hydrogen-bond acceptors (Lipinski definition) is 1. The lowest BCUT2D eigenvalue weighted by Gasteiger charge is -2.06. The van der Waals surface area contributed by atoms with Crippen LogP contribution >= 0.6 is 0 Å². The molecule has 0 fully saturated rings. The van der Waals surface area contributed by atoms with Gasteiger partial charge in [-0.1, -0.05) is 35.9 Å². The molecule has 0 atom stereocenters. The molecule has 1 heterocycles. The fourth-order valence-electron chi connectivity index (χ4n) is 1.51. The zero-order valence-electron chi connectivity index (χ0n) is 14.4. The molecule has 0 spiro atoms. The molecule has 0 aliphatic heterocycles. The lowest BCUT2D eigenvalue weighted by atomic mass is 10.0. The van der Waals surface area contributed by atoms with Crippen molar-refractivity contribution in [3.63, 3.8) is 0 Å². The number of rotatable bonds is 1. The predicted octanol–water partition coefficient (Wildman–Crippen LogP) is 3.67. The Morgan fingerprint density at radius 3 is 2.40 bits per heavy atom. The topological polar surface area (TPSA) is 12.9 Å². The first-order valence-corrected chi connectivity index (χ1v) is 4.67. The molecule has 1 heteroatoms. The minimum atomic E-state index is -2.18. The molecule has 2 aromatic rings. The first-order valence-electron chi connectivity index (χ1n) is 7.67. The second-order valence-electron chi connectivity index (χ2n) is 3.47. The van der Waals surface area contributed by atoms with E-state index in [0.29, 0.717) is 5.69 Å². The van der Waals surface area contributed by atoms with Gasteiger partial charge >= 0.3 is 0 Å². The molecule has 0 amide bonds. The molecule has 0 unspecified atom stereocenters. The summed E-state index contributed by atoms with van der Waals surface area (Å²) in [6, 6.07) is 8.05. The molecule has 76 valence electrons. The van der Waals surface area contributed by atoms with Crippen LogP contribution in [-0.2, 0) is 0 Å². The van der Waals surface area contributed by atoms with Gasteiger partial charge in [0.05, 0.1) is 5.69 Å². The molecule has 1 aromatic heterocycles. The van der Waals surface area contributed by atoms with Crippen molar-refractivity contribution in [1.82, 2.24) is 4.98 Å². The SMILES string of the molecule is [2H]C([2H])([2H])c1ccc(-c2ncc(C([2H])([2H])[2H])cc2C)cc1. The van der Waals surface area contributed by atoms with Crippen molar-refractivity contribution in [1.29, 1.82) is 0 Å². The van der Waals surface area contributed by atoms with Crippen LogP contribution in [0.4, 0.5) is 0 Å². The van der Waals surface area contributed by atoms with Crippen LogP contribution in [0.3, 0.4) is 0 Å². The van der Waals surface area contributed by atoms with Crippen LogP contribution in [0.15, 0.2) is 36.5 Å². The standard InChI is InChI=1S/C14H15N/c1-10-4-6-13(7-5-10)14-12(3)8-11(2)9-15-14/h4-9H,1-3H3/i1D3,2D3. The van der Waals surface area contributed by atoms with E-state index in [4.69, 9.17) is 8.22 Å². The number of aryl methyl sites for hydroxylation is 3. The van der Waals surface area contributed by atoms with Crippen molar-refractivity contribution in [2.24, 2.45) is 0 Å². The van der Waals surface area contributed by atoms with Gasteiger partial charge in [-0.2, -0.15) is 0 Å². The molecule has 0 bridgehead atoms. The summed E-state index contributed by atoms with van der Waals surface area (Å²) in [5, 5.41) is 0. The smallest absolute Gasteiger partial charge is 0.0731 e. The predicted molar refractivity (Wildman–Crippen MR) is 63.9 cm³/mol. The van der Waals surface area contributed by atoms with Crippen LogP contribution in [-0.4, -0.2) is 4.98 Å². The largest absolute Gasteiger partial charge is 0.256 e. The van der Waals surface area contributed by atoms with E-state index in [0.717, 1.165) is 11.1 Å². The monoisotopic (exact) mass is 203 g/mol. The molecule has 0 saturated carbocycles.